The van der Waals surface area contributed by atoms with E-state index in [4.69, 9.17) is 5.41 Å². The van der Waals surface area contributed by atoms with E-state index in [1.165, 1.54) is 4.90 Å². The molecule has 0 aromatic carbocycles. The number of hydrogen-bond acceptors (Lipinski definition) is 5. The van der Waals surface area contributed by atoms with Crippen LogP contribution in [0.3, 0.4) is 0 Å². The molecule has 2 unspecified atom stereocenters. The van der Waals surface area contributed by atoms with Gasteiger partial charge < -0.3 is 15.3 Å². The molecule has 23 heavy (non-hydrogen) atoms. The van der Waals surface area contributed by atoms with Gasteiger partial charge in [0.2, 0.25) is 5.91 Å². The van der Waals surface area contributed by atoms with Crippen molar-refractivity contribution in [1.82, 2.24) is 15.6 Å². The van der Waals surface area contributed by atoms with Gasteiger partial charge in [0.15, 0.2) is 5.03 Å². The Bertz CT molecular complexity index is 470. The lowest BCUT2D eigenvalue weighted by atomic mass is 9.92. The predicted molar refractivity (Wildman–Crippen MR) is 81.2 cm³/mol. The van der Waals surface area contributed by atoms with E-state index in [1.807, 2.05) is 6.92 Å². The van der Waals surface area contributed by atoms with Crippen molar-refractivity contribution in [2.24, 2.45) is 5.92 Å². The zero-order chi connectivity index (χ0) is 17.4. The number of likely N-dealkylation sites (tertiary alicyclic amines) is 1. The van der Waals surface area contributed by atoms with Crippen LogP contribution >= 0.6 is 0 Å². The molecule has 2 atom stereocenters. The van der Waals surface area contributed by atoms with Gasteiger partial charge in [0.25, 0.3) is 5.96 Å². The van der Waals surface area contributed by atoms with E-state index in [0.29, 0.717) is 38.3 Å². The fourth-order valence-electron chi connectivity index (χ4n) is 2.56. The number of aliphatic carboxylic acids is 1. The number of rotatable bonds is 7. The Morgan fingerprint density at radius 3 is 2.74 bits per heavy atom. The zero-order valence-electron chi connectivity index (χ0n) is 13.1. The fraction of sp³-hybridized carbons (Fsp3) is 0.769. The zero-order valence-corrected chi connectivity index (χ0v) is 13.1. The number of hydrogen-bond donors (Lipinski definition) is 4. The highest BCUT2D eigenvalue weighted by atomic mass is 16.7. The first-order valence-electron chi connectivity index (χ1n) is 7.57. The highest BCUT2D eigenvalue weighted by molar-refractivity contribution is 5.83. The lowest BCUT2D eigenvalue weighted by molar-refractivity contribution is -0.525. The average Bonchev–Trinajstić information content (AvgIpc) is 2.45. The van der Waals surface area contributed by atoms with Crippen molar-refractivity contribution in [3.05, 3.63) is 10.1 Å². The van der Waals surface area contributed by atoms with Gasteiger partial charge in [-0.3, -0.25) is 10.2 Å². The number of hydrazine groups is 1. The molecule has 1 aliphatic heterocycles. The summed E-state index contributed by atoms with van der Waals surface area (Å²) < 4.78 is 0. The van der Waals surface area contributed by atoms with Crippen LogP contribution in [0.1, 0.15) is 39.0 Å². The smallest absolute Gasteiger partial charge is 0.326 e. The Kier molecular flexibility index (Phi) is 7.23. The van der Waals surface area contributed by atoms with Crippen LogP contribution in [-0.2, 0) is 9.59 Å². The predicted octanol–water partition coefficient (Wildman–Crippen LogP) is 0.174. The van der Waals surface area contributed by atoms with Gasteiger partial charge in [0, 0.05) is 19.5 Å². The monoisotopic (exact) mass is 329 g/mol. The number of guanidine groups is 1. The third-order valence-electron chi connectivity index (χ3n) is 3.79. The summed E-state index contributed by atoms with van der Waals surface area (Å²) >= 11 is 0. The van der Waals surface area contributed by atoms with Crippen LogP contribution in [0, 0.1) is 21.4 Å². The van der Waals surface area contributed by atoms with Crippen LogP contribution in [0.4, 0.5) is 0 Å². The molecule has 1 rings (SSSR count). The van der Waals surface area contributed by atoms with E-state index in [2.05, 4.69) is 5.32 Å². The second-order valence-corrected chi connectivity index (χ2v) is 5.70. The van der Waals surface area contributed by atoms with Gasteiger partial charge in [-0.25, -0.2) is 14.9 Å². The topological polar surface area (TPSA) is 149 Å². The van der Waals surface area contributed by atoms with Gasteiger partial charge >= 0.3 is 5.97 Å². The molecule has 1 amide bonds. The number of carboxylic acid groups (broad SMARTS) is 1. The number of carboxylic acids is 1. The van der Waals surface area contributed by atoms with Gasteiger partial charge in [-0.1, -0.05) is 12.3 Å². The van der Waals surface area contributed by atoms with Crippen LogP contribution in [-0.4, -0.2) is 52.0 Å². The van der Waals surface area contributed by atoms with Crippen molar-refractivity contribution in [3.63, 3.8) is 0 Å². The van der Waals surface area contributed by atoms with Crippen molar-refractivity contribution < 1.29 is 19.7 Å². The van der Waals surface area contributed by atoms with Crippen molar-refractivity contribution in [3.8, 4) is 0 Å². The van der Waals surface area contributed by atoms with E-state index in [0.717, 1.165) is 6.42 Å². The molecule has 1 heterocycles. The standard InChI is InChI=1S/C13H23N5O5/c1-9-5-7-17(10(8-9)12(20)21)11(19)4-2-3-6-15-13(14)16-18(22)23/h9-10H,2-8H2,1H3,(H,20,21)(H3,14,15,16). The van der Waals surface area contributed by atoms with Gasteiger partial charge in [0.05, 0.1) is 0 Å². The molecule has 0 bridgehead atoms. The minimum absolute atomic E-state index is 0.178. The van der Waals surface area contributed by atoms with E-state index >= 15 is 0 Å². The van der Waals surface area contributed by atoms with Crippen LogP contribution in [0.15, 0.2) is 0 Å². The first-order chi connectivity index (χ1) is 10.8. The molecular weight excluding hydrogens is 306 g/mol. The van der Waals surface area contributed by atoms with Crippen LogP contribution in [0.2, 0.25) is 0 Å². The second kappa shape index (κ2) is 8.91. The first kappa shape index (κ1) is 18.7. The van der Waals surface area contributed by atoms with Gasteiger partial charge in [-0.15, -0.1) is 0 Å². The maximum absolute atomic E-state index is 12.2. The largest absolute Gasteiger partial charge is 0.480 e. The molecule has 1 saturated heterocycles. The number of nitrogens with one attached hydrogen (secondary N) is 3. The highest BCUT2D eigenvalue weighted by Gasteiger charge is 2.34. The number of piperidine rings is 1. The van der Waals surface area contributed by atoms with Crippen molar-refractivity contribution in [1.29, 1.82) is 5.41 Å². The van der Waals surface area contributed by atoms with Crippen LogP contribution in [0.5, 0.6) is 0 Å². The lowest BCUT2D eigenvalue weighted by Gasteiger charge is -2.36. The molecule has 0 aromatic heterocycles. The maximum Gasteiger partial charge on any atom is 0.326 e. The molecule has 10 nitrogen and oxygen atoms in total. The SMILES string of the molecule is CC1CCN(C(=O)CCCCNC(=N)N[N+](=O)[O-])C(C(=O)O)C1. The molecule has 0 spiro atoms. The van der Waals surface area contributed by atoms with Gasteiger partial charge in [-0.2, -0.15) is 0 Å². The molecule has 1 fully saturated rings. The summed E-state index contributed by atoms with van der Waals surface area (Å²) in [5.41, 5.74) is 1.67. The fourth-order valence-corrected chi connectivity index (χ4v) is 2.56. The number of carbonyl (C=O) groups excluding carboxylic acids is 1. The minimum atomic E-state index is -0.967. The van der Waals surface area contributed by atoms with Crippen molar-refractivity contribution >= 4 is 17.8 Å². The number of nitro groups is 1. The second-order valence-electron chi connectivity index (χ2n) is 5.70. The van der Waals surface area contributed by atoms with Crippen molar-refractivity contribution in [2.75, 3.05) is 13.1 Å². The lowest BCUT2D eigenvalue weighted by Crippen LogP contribution is -2.49. The molecule has 4 N–H and O–H groups in total. The average molecular weight is 329 g/mol. The Hall–Kier alpha value is -2.39. The van der Waals surface area contributed by atoms with Gasteiger partial charge in [0.1, 0.15) is 6.04 Å². The van der Waals surface area contributed by atoms with E-state index in [-0.39, 0.29) is 12.3 Å². The summed E-state index contributed by atoms with van der Waals surface area (Å²) in [5, 5.41) is 28.2. The number of nitrogens with zero attached hydrogens (tertiary/aromatic N) is 2. The van der Waals surface area contributed by atoms with Crippen molar-refractivity contribution in [2.45, 2.75) is 45.1 Å². The molecule has 0 radical (unpaired) electrons. The molecule has 0 aromatic rings. The summed E-state index contributed by atoms with van der Waals surface area (Å²) in [5.74, 6) is -1.25. The molecule has 0 saturated carbocycles. The molecular formula is C13H23N5O5. The van der Waals surface area contributed by atoms with E-state index < -0.39 is 23.0 Å². The number of unbranched alkanes of at least 4 members (excludes halogenated alkanes) is 1. The summed E-state index contributed by atoms with van der Waals surface area (Å²) in [6, 6.07) is -0.748. The van der Waals surface area contributed by atoms with E-state index in [9.17, 15) is 24.8 Å². The van der Waals surface area contributed by atoms with Gasteiger partial charge in [-0.05, 0) is 31.6 Å². The van der Waals surface area contributed by atoms with E-state index in [1.54, 1.807) is 5.43 Å². The Labute approximate surface area is 133 Å². The summed E-state index contributed by atoms with van der Waals surface area (Å²) in [4.78, 5) is 34.9. The minimum Gasteiger partial charge on any atom is -0.480 e. The normalized spacial score (nSPS) is 20.7. The maximum atomic E-state index is 12.2. The quantitative estimate of drug-likeness (QED) is 0.171. The summed E-state index contributed by atoms with van der Waals surface area (Å²) in [6.07, 6.45) is 2.59. The summed E-state index contributed by atoms with van der Waals surface area (Å²) in [7, 11) is 0. The highest BCUT2D eigenvalue weighted by Crippen LogP contribution is 2.23. The summed E-state index contributed by atoms with van der Waals surface area (Å²) in [6.45, 7) is 2.77. The molecule has 0 aliphatic carbocycles. The first-order valence-corrected chi connectivity index (χ1v) is 7.57. The Morgan fingerprint density at radius 2 is 2.13 bits per heavy atom. The third kappa shape index (κ3) is 6.49. The van der Waals surface area contributed by atoms with Crippen LogP contribution < -0.4 is 10.7 Å². The van der Waals surface area contributed by atoms with Crippen LogP contribution in [0.25, 0.3) is 0 Å². The molecule has 10 heteroatoms. The Balaban J connectivity index is 2.29. The number of carbonyl (C=O) groups is 2. The molecule has 130 valence electrons. The number of amides is 1. The third-order valence-corrected chi connectivity index (χ3v) is 3.79. The Morgan fingerprint density at radius 1 is 1.43 bits per heavy atom. The molecule has 1 aliphatic rings.